The molecule has 0 saturated heterocycles. The van der Waals surface area contributed by atoms with Crippen molar-refractivity contribution in [2.45, 2.75) is 0 Å². The third-order valence-electron chi connectivity index (χ3n) is 3.23. The van der Waals surface area contributed by atoms with Crippen molar-refractivity contribution >= 4 is 17.2 Å². The number of nitrogen functional groups attached to an aromatic ring is 1. The molecule has 2 aromatic carbocycles. The average molecular weight is 255 g/mol. The van der Waals surface area contributed by atoms with Gasteiger partial charge < -0.3 is 5.73 Å². The molecule has 0 heterocycles. The number of Topliss-reactive ketones (excluding diaryl/α,β-unsaturated/α-hetero) is 1. The van der Waals surface area contributed by atoms with Crippen molar-refractivity contribution in [2.75, 3.05) is 26.4 Å². The van der Waals surface area contributed by atoms with Crippen LogP contribution in [0, 0.1) is 0 Å². The standard InChI is InChI=1S/C16H19N2O/c1-18(2,15-10-8-14(17)9-11-15)12-16(19)13-6-4-3-5-7-13/h3-11H,12,17H2,1-2H3/q+1. The first-order chi connectivity index (χ1) is 8.99. The van der Waals surface area contributed by atoms with E-state index in [9.17, 15) is 4.79 Å². The number of nitrogens with zero attached hydrogens (tertiary/aromatic N) is 1. The predicted octanol–water partition coefficient (Wildman–Crippen LogP) is 2.72. The normalized spacial score (nSPS) is 11.3. The fourth-order valence-corrected chi connectivity index (χ4v) is 2.04. The lowest BCUT2D eigenvalue weighted by Crippen LogP contribution is -2.44. The Morgan fingerprint density at radius 2 is 1.58 bits per heavy atom. The Morgan fingerprint density at radius 3 is 2.16 bits per heavy atom. The number of quaternary nitrogens is 1. The summed E-state index contributed by atoms with van der Waals surface area (Å²) in [5, 5.41) is 0. The average Bonchev–Trinajstić information content (AvgIpc) is 2.40. The van der Waals surface area contributed by atoms with Gasteiger partial charge in [-0.3, -0.25) is 9.28 Å². The quantitative estimate of drug-likeness (QED) is 0.518. The molecule has 3 heteroatoms. The Hall–Kier alpha value is -2.13. The van der Waals surface area contributed by atoms with Crippen LogP contribution in [0.4, 0.5) is 11.4 Å². The molecule has 0 radical (unpaired) electrons. The van der Waals surface area contributed by atoms with Crippen LogP contribution in [0.1, 0.15) is 10.4 Å². The van der Waals surface area contributed by atoms with Gasteiger partial charge in [0.2, 0.25) is 5.78 Å². The van der Waals surface area contributed by atoms with Gasteiger partial charge in [-0.25, -0.2) is 0 Å². The summed E-state index contributed by atoms with van der Waals surface area (Å²) in [4.78, 5) is 12.3. The molecule has 0 atom stereocenters. The van der Waals surface area contributed by atoms with E-state index in [0.717, 1.165) is 16.9 Å². The Balaban J connectivity index is 2.17. The molecule has 3 nitrogen and oxygen atoms in total. The largest absolute Gasteiger partial charge is 0.399 e. The Bertz CT molecular complexity index is 559. The molecule has 0 bridgehead atoms. The number of likely N-dealkylation sites (N-methyl/N-ethyl adjacent to an activating group) is 1. The molecule has 0 saturated carbocycles. The van der Waals surface area contributed by atoms with Crippen LogP contribution >= 0.6 is 0 Å². The Morgan fingerprint density at radius 1 is 1.00 bits per heavy atom. The molecule has 98 valence electrons. The zero-order chi connectivity index (χ0) is 13.9. The molecule has 19 heavy (non-hydrogen) atoms. The molecule has 0 aliphatic rings. The summed E-state index contributed by atoms with van der Waals surface area (Å²) in [6, 6.07) is 17.0. The summed E-state index contributed by atoms with van der Waals surface area (Å²) in [6.45, 7) is 0.425. The van der Waals surface area contributed by atoms with Crippen LogP contribution in [0.25, 0.3) is 0 Å². The molecule has 0 aliphatic heterocycles. The molecular weight excluding hydrogens is 236 g/mol. The summed E-state index contributed by atoms with van der Waals surface area (Å²) in [6.07, 6.45) is 0. The van der Waals surface area contributed by atoms with Gasteiger partial charge in [-0.05, 0) is 12.1 Å². The summed E-state index contributed by atoms with van der Waals surface area (Å²) in [5.74, 6) is 0.141. The van der Waals surface area contributed by atoms with Crippen molar-refractivity contribution in [1.82, 2.24) is 4.48 Å². The van der Waals surface area contributed by atoms with Gasteiger partial charge in [-0.1, -0.05) is 30.3 Å². The molecule has 0 amide bonds. The predicted molar refractivity (Wildman–Crippen MR) is 80.1 cm³/mol. The minimum absolute atomic E-state index is 0.141. The molecule has 0 unspecified atom stereocenters. The van der Waals surface area contributed by atoms with Gasteiger partial charge in [0.05, 0.1) is 14.1 Å². The highest BCUT2D eigenvalue weighted by atomic mass is 16.1. The van der Waals surface area contributed by atoms with Gasteiger partial charge in [0, 0.05) is 23.4 Å². The van der Waals surface area contributed by atoms with E-state index in [1.54, 1.807) is 0 Å². The third-order valence-corrected chi connectivity index (χ3v) is 3.23. The highest BCUT2D eigenvalue weighted by molar-refractivity contribution is 5.98. The first-order valence-corrected chi connectivity index (χ1v) is 6.26. The Kier molecular flexibility index (Phi) is 3.67. The second-order valence-electron chi connectivity index (χ2n) is 5.22. The zero-order valence-corrected chi connectivity index (χ0v) is 11.3. The first-order valence-electron chi connectivity index (χ1n) is 6.26. The fourth-order valence-electron chi connectivity index (χ4n) is 2.04. The van der Waals surface area contributed by atoms with Gasteiger partial charge in [-0.2, -0.15) is 0 Å². The molecule has 2 aromatic rings. The lowest BCUT2D eigenvalue weighted by Gasteiger charge is -2.28. The number of benzene rings is 2. The van der Waals surface area contributed by atoms with Crippen LogP contribution < -0.4 is 10.2 Å². The van der Waals surface area contributed by atoms with Crippen LogP contribution in [0.3, 0.4) is 0 Å². The molecule has 0 aliphatic carbocycles. The van der Waals surface area contributed by atoms with Crippen molar-refractivity contribution < 1.29 is 4.79 Å². The Labute approximate surface area is 113 Å². The van der Waals surface area contributed by atoms with Gasteiger partial charge in [-0.15, -0.1) is 0 Å². The van der Waals surface area contributed by atoms with Gasteiger partial charge >= 0.3 is 0 Å². The van der Waals surface area contributed by atoms with Crippen molar-refractivity contribution in [2.24, 2.45) is 0 Å². The minimum atomic E-state index is 0.141. The number of carbonyl (C=O) groups is 1. The van der Waals surface area contributed by atoms with E-state index in [1.807, 2.05) is 68.7 Å². The van der Waals surface area contributed by atoms with E-state index in [1.165, 1.54) is 0 Å². The van der Waals surface area contributed by atoms with E-state index in [2.05, 4.69) is 0 Å². The minimum Gasteiger partial charge on any atom is -0.399 e. The van der Waals surface area contributed by atoms with Crippen LogP contribution in [0.15, 0.2) is 54.6 Å². The molecule has 0 aromatic heterocycles. The van der Waals surface area contributed by atoms with Crippen LogP contribution in [-0.4, -0.2) is 26.4 Å². The fraction of sp³-hybridized carbons (Fsp3) is 0.188. The van der Waals surface area contributed by atoms with Crippen LogP contribution in [0.5, 0.6) is 0 Å². The van der Waals surface area contributed by atoms with E-state index in [0.29, 0.717) is 11.0 Å². The highest BCUT2D eigenvalue weighted by Crippen LogP contribution is 2.20. The van der Waals surface area contributed by atoms with Gasteiger partial charge in [0.25, 0.3) is 0 Å². The molecule has 2 rings (SSSR count). The smallest absolute Gasteiger partial charge is 0.217 e. The lowest BCUT2D eigenvalue weighted by molar-refractivity contribution is 0.0959. The van der Waals surface area contributed by atoms with Crippen LogP contribution in [-0.2, 0) is 0 Å². The maximum atomic E-state index is 12.3. The second-order valence-corrected chi connectivity index (χ2v) is 5.22. The maximum Gasteiger partial charge on any atom is 0.217 e. The van der Waals surface area contributed by atoms with Crippen molar-refractivity contribution in [1.29, 1.82) is 0 Å². The SMILES string of the molecule is C[N+](C)(CC(=O)c1ccccc1)c1ccc(N)cc1. The van der Waals surface area contributed by atoms with E-state index in [4.69, 9.17) is 5.73 Å². The molecule has 2 N–H and O–H groups in total. The third kappa shape index (κ3) is 3.20. The monoisotopic (exact) mass is 255 g/mol. The van der Waals surface area contributed by atoms with Gasteiger partial charge in [0.15, 0.2) is 0 Å². The van der Waals surface area contributed by atoms with Crippen molar-refractivity contribution in [3.8, 4) is 0 Å². The van der Waals surface area contributed by atoms with Crippen molar-refractivity contribution in [3.63, 3.8) is 0 Å². The summed E-state index contributed by atoms with van der Waals surface area (Å²) in [5.41, 5.74) is 8.24. The number of hydrogen-bond acceptors (Lipinski definition) is 2. The summed E-state index contributed by atoms with van der Waals surface area (Å²) < 4.78 is 0.508. The van der Waals surface area contributed by atoms with Crippen LogP contribution in [0.2, 0.25) is 0 Å². The van der Waals surface area contributed by atoms with Crippen molar-refractivity contribution in [3.05, 3.63) is 60.2 Å². The maximum absolute atomic E-state index is 12.3. The van der Waals surface area contributed by atoms with E-state index in [-0.39, 0.29) is 5.78 Å². The van der Waals surface area contributed by atoms with Gasteiger partial charge in [0.1, 0.15) is 12.2 Å². The topological polar surface area (TPSA) is 43.1 Å². The van der Waals surface area contributed by atoms with E-state index < -0.39 is 0 Å². The molecule has 0 fully saturated rings. The number of nitrogens with two attached hydrogens (primary N) is 1. The summed E-state index contributed by atoms with van der Waals surface area (Å²) >= 11 is 0. The number of carbonyl (C=O) groups excluding carboxylic acids is 1. The molecular formula is C16H19N2O+. The number of anilines is 1. The zero-order valence-electron chi connectivity index (χ0n) is 11.3. The molecule has 0 spiro atoms. The number of hydrogen-bond donors (Lipinski definition) is 1. The first kappa shape index (κ1) is 13.3. The summed E-state index contributed by atoms with van der Waals surface area (Å²) in [7, 11) is 4.04. The number of rotatable bonds is 4. The van der Waals surface area contributed by atoms with E-state index >= 15 is 0 Å². The number of ketones is 1. The second kappa shape index (κ2) is 5.24. The lowest BCUT2D eigenvalue weighted by atomic mass is 10.1. The highest BCUT2D eigenvalue weighted by Gasteiger charge is 2.23.